The highest BCUT2D eigenvalue weighted by molar-refractivity contribution is 7.89. The summed E-state index contributed by atoms with van der Waals surface area (Å²) < 4.78 is 37.1. The third-order valence-electron chi connectivity index (χ3n) is 2.62. The number of furan rings is 2. The second kappa shape index (κ2) is 5.20. The number of aryl methyl sites for hydroxylation is 1. The van der Waals surface area contributed by atoms with Gasteiger partial charge in [0, 0.05) is 0 Å². The van der Waals surface area contributed by atoms with E-state index in [4.69, 9.17) is 14.6 Å². The van der Waals surface area contributed by atoms with E-state index < -0.39 is 16.1 Å². The van der Waals surface area contributed by atoms with E-state index in [2.05, 4.69) is 4.72 Å². The van der Waals surface area contributed by atoms with E-state index in [0.29, 0.717) is 11.5 Å². The van der Waals surface area contributed by atoms with Crippen LogP contribution in [0, 0.1) is 6.92 Å². The van der Waals surface area contributed by atoms with Gasteiger partial charge in [-0.15, -0.1) is 0 Å². The molecule has 0 fully saturated rings. The first-order valence-electron chi connectivity index (χ1n) is 5.80. The van der Waals surface area contributed by atoms with Crippen molar-refractivity contribution in [2.45, 2.75) is 31.5 Å². The van der Waals surface area contributed by atoms with E-state index >= 15 is 0 Å². The van der Waals surface area contributed by atoms with Crippen molar-refractivity contribution in [3.8, 4) is 0 Å². The van der Waals surface area contributed by atoms with Crippen molar-refractivity contribution >= 4 is 10.0 Å². The van der Waals surface area contributed by atoms with Gasteiger partial charge in [0.05, 0.1) is 12.6 Å². The summed E-state index contributed by atoms with van der Waals surface area (Å²) in [5.41, 5.74) is 5.38. The van der Waals surface area contributed by atoms with Crippen LogP contribution >= 0.6 is 0 Å². The van der Waals surface area contributed by atoms with Gasteiger partial charge in [-0.2, -0.15) is 4.72 Å². The van der Waals surface area contributed by atoms with E-state index in [-0.39, 0.29) is 11.6 Å². The fourth-order valence-corrected chi connectivity index (χ4v) is 2.81. The summed E-state index contributed by atoms with van der Waals surface area (Å²) >= 11 is 0. The molecule has 19 heavy (non-hydrogen) atoms. The quantitative estimate of drug-likeness (QED) is 0.870. The molecule has 6 nitrogen and oxygen atoms in total. The van der Waals surface area contributed by atoms with E-state index in [1.807, 2.05) is 0 Å². The van der Waals surface area contributed by atoms with E-state index in [1.165, 1.54) is 12.1 Å². The van der Waals surface area contributed by atoms with Gasteiger partial charge in [0.25, 0.3) is 10.0 Å². The molecule has 0 aromatic carbocycles. The second-order valence-electron chi connectivity index (χ2n) is 4.22. The van der Waals surface area contributed by atoms with Crippen molar-refractivity contribution < 1.29 is 17.3 Å². The lowest BCUT2D eigenvalue weighted by Gasteiger charge is -2.10. The number of nitrogens with two attached hydrogens (primary N) is 1. The Hall–Kier alpha value is -1.57. The van der Waals surface area contributed by atoms with E-state index in [9.17, 15) is 8.42 Å². The van der Waals surface area contributed by atoms with E-state index in [1.54, 1.807) is 26.0 Å². The van der Waals surface area contributed by atoms with Crippen molar-refractivity contribution in [3.63, 3.8) is 0 Å². The van der Waals surface area contributed by atoms with Gasteiger partial charge in [-0.25, -0.2) is 8.42 Å². The third-order valence-corrected chi connectivity index (χ3v) is 4.04. The SMILES string of the molecule is Cc1ccc(C(C)NS(=O)(=O)c2ccc(CN)o2)o1. The lowest BCUT2D eigenvalue weighted by molar-refractivity contribution is 0.404. The molecule has 0 bridgehead atoms. The molecular formula is C12H16N2O4S. The Labute approximate surface area is 111 Å². The minimum absolute atomic E-state index is 0.150. The van der Waals surface area contributed by atoms with Crippen molar-refractivity contribution in [3.05, 3.63) is 41.5 Å². The predicted molar refractivity (Wildman–Crippen MR) is 68.8 cm³/mol. The number of nitrogens with one attached hydrogen (secondary N) is 1. The molecule has 0 radical (unpaired) electrons. The molecule has 2 aromatic heterocycles. The zero-order chi connectivity index (χ0) is 14.0. The average Bonchev–Trinajstić information content (AvgIpc) is 2.96. The first-order chi connectivity index (χ1) is 8.92. The Balaban J connectivity index is 2.17. The van der Waals surface area contributed by atoms with Crippen LogP contribution in [0.5, 0.6) is 0 Å². The maximum Gasteiger partial charge on any atom is 0.274 e. The van der Waals surface area contributed by atoms with Crippen LogP contribution < -0.4 is 10.5 Å². The maximum absolute atomic E-state index is 12.1. The van der Waals surface area contributed by atoms with Gasteiger partial charge in [-0.05, 0) is 38.1 Å². The fourth-order valence-electron chi connectivity index (χ4n) is 1.65. The highest BCUT2D eigenvalue weighted by Gasteiger charge is 2.23. The molecule has 2 rings (SSSR count). The summed E-state index contributed by atoms with van der Waals surface area (Å²) in [6.07, 6.45) is 0. The molecule has 0 aliphatic carbocycles. The molecule has 1 unspecified atom stereocenters. The Kier molecular flexibility index (Phi) is 3.79. The topological polar surface area (TPSA) is 98.5 Å². The fraction of sp³-hybridized carbons (Fsp3) is 0.333. The zero-order valence-corrected chi connectivity index (χ0v) is 11.5. The monoisotopic (exact) mass is 284 g/mol. The van der Waals surface area contributed by atoms with Crippen LogP contribution in [0.4, 0.5) is 0 Å². The zero-order valence-electron chi connectivity index (χ0n) is 10.7. The molecule has 104 valence electrons. The largest absolute Gasteiger partial charge is 0.465 e. The summed E-state index contributed by atoms with van der Waals surface area (Å²) in [5.74, 6) is 1.69. The highest BCUT2D eigenvalue weighted by Crippen LogP contribution is 2.20. The van der Waals surface area contributed by atoms with Crippen LogP contribution in [0.25, 0.3) is 0 Å². The minimum Gasteiger partial charge on any atom is -0.465 e. The first kappa shape index (κ1) is 13.9. The summed E-state index contributed by atoms with van der Waals surface area (Å²) in [6.45, 7) is 3.65. The van der Waals surface area contributed by atoms with Crippen LogP contribution in [0.1, 0.15) is 30.2 Å². The van der Waals surface area contributed by atoms with Gasteiger partial charge in [-0.1, -0.05) is 0 Å². The molecule has 0 spiro atoms. The van der Waals surface area contributed by atoms with Crippen LogP contribution in [-0.2, 0) is 16.6 Å². The molecule has 2 heterocycles. The van der Waals surface area contributed by atoms with Crippen molar-refractivity contribution in [1.82, 2.24) is 4.72 Å². The van der Waals surface area contributed by atoms with Gasteiger partial charge in [-0.3, -0.25) is 0 Å². The lowest BCUT2D eigenvalue weighted by Crippen LogP contribution is -2.26. The van der Waals surface area contributed by atoms with Crippen LogP contribution in [0.15, 0.2) is 38.2 Å². The molecule has 3 N–H and O–H groups in total. The lowest BCUT2D eigenvalue weighted by atomic mass is 10.3. The van der Waals surface area contributed by atoms with Gasteiger partial charge < -0.3 is 14.6 Å². The minimum atomic E-state index is -3.72. The highest BCUT2D eigenvalue weighted by atomic mass is 32.2. The van der Waals surface area contributed by atoms with Crippen molar-refractivity contribution in [2.75, 3.05) is 0 Å². The molecule has 7 heteroatoms. The summed E-state index contributed by atoms with van der Waals surface area (Å²) in [7, 11) is -3.72. The molecule has 0 aliphatic heterocycles. The Morgan fingerprint density at radius 3 is 2.53 bits per heavy atom. The van der Waals surface area contributed by atoms with Gasteiger partial charge in [0.1, 0.15) is 17.3 Å². The molecule has 1 atom stereocenters. The molecular weight excluding hydrogens is 268 g/mol. The number of hydrogen-bond donors (Lipinski definition) is 2. The van der Waals surface area contributed by atoms with Crippen LogP contribution in [0.2, 0.25) is 0 Å². The number of hydrogen-bond acceptors (Lipinski definition) is 5. The Bertz CT molecular complexity index is 657. The summed E-state index contributed by atoms with van der Waals surface area (Å²) in [5, 5.41) is -0.150. The van der Waals surface area contributed by atoms with Crippen LogP contribution in [-0.4, -0.2) is 8.42 Å². The van der Waals surface area contributed by atoms with Gasteiger partial charge >= 0.3 is 0 Å². The molecule has 0 aliphatic rings. The third kappa shape index (κ3) is 3.06. The Morgan fingerprint density at radius 2 is 2.00 bits per heavy atom. The van der Waals surface area contributed by atoms with Crippen molar-refractivity contribution in [1.29, 1.82) is 0 Å². The summed E-state index contributed by atoms with van der Waals surface area (Å²) in [4.78, 5) is 0. The predicted octanol–water partition coefficient (Wildman–Crippen LogP) is 1.68. The molecule has 0 saturated heterocycles. The number of sulfonamides is 1. The molecule has 0 amide bonds. The average molecular weight is 284 g/mol. The Morgan fingerprint density at radius 1 is 1.26 bits per heavy atom. The summed E-state index contributed by atoms with van der Waals surface area (Å²) in [6, 6.07) is 5.95. The molecule has 2 aromatic rings. The smallest absolute Gasteiger partial charge is 0.274 e. The normalized spacial score (nSPS) is 13.6. The first-order valence-corrected chi connectivity index (χ1v) is 7.28. The van der Waals surface area contributed by atoms with Gasteiger partial charge in [0.2, 0.25) is 5.09 Å². The molecule has 0 saturated carbocycles. The second-order valence-corrected chi connectivity index (χ2v) is 5.86. The van der Waals surface area contributed by atoms with E-state index in [0.717, 1.165) is 5.76 Å². The van der Waals surface area contributed by atoms with Crippen LogP contribution in [0.3, 0.4) is 0 Å². The van der Waals surface area contributed by atoms with Crippen molar-refractivity contribution in [2.24, 2.45) is 5.73 Å². The standard InChI is InChI=1S/C12H16N2O4S/c1-8-3-5-11(17-8)9(2)14-19(15,16)12-6-4-10(7-13)18-12/h3-6,9,14H,7,13H2,1-2H3. The van der Waals surface area contributed by atoms with Gasteiger partial charge in [0.15, 0.2) is 0 Å². The maximum atomic E-state index is 12.1. The number of rotatable bonds is 5.